The highest BCUT2D eigenvalue weighted by atomic mass is 16.6. The lowest BCUT2D eigenvalue weighted by atomic mass is 9.53. The lowest BCUT2D eigenvalue weighted by molar-refractivity contribution is -0.176. The van der Waals surface area contributed by atoms with E-state index in [-0.39, 0.29) is 18.0 Å². The van der Waals surface area contributed by atoms with E-state index >= 15 is 0 Å². The third-order valence-corrected chi connectivity index (χ3v) is 6.98. The first-order valence-corrected chi connectivity index (χ1v) is 9.06. The molecule has 0 radical (unpaired) electrons. The van der Waals surface area contributed by atoms with Crippen LogP contribution in [0.3, 0.4) is 0 Å². The molecule has 3 aliphatic rings. The van der Waals surface area contributed by atoms with Crippen LogP contribution in [0.2, 0.25) is 0 Å². The molecule has 1 aliphatic heterocycles. The molecule has 1 N–H and O–H groups in total. The summed E-state index contributed by atoms with van der Waals surface area (Å²) in [6.45, 7) is 9.76. The summed E-state index contributed by atoms with van der Waals surface area (Å²) in [4.78, 5) is 12.6. The Morgan fingerprint density at radius 3 is 2.84 bits per heavy atom. The Morgan fingerprint density at radius 2 is 2.16 bits per heavy atom. The third-order valence-electron chi connectivity index (χ3n) is 6.98. The Morgan fingerprint density at radius 1 is 1.44 bits per heavy atom. The molecule has 1 saturated carbocycles. The summed E-state index contributed by atoms with van der Waals surface area (Å²) in [6.07, 6.45) is 3.96. The summed E-state index contributed by atoms with van der Waals surface area (Å²) < 4.78 is 17.8. The number of fused-ring (bicyclic) bond motifs is 1. The first kappa shape index (κ1) is 16.9. The fraction of sp³-hybridized carbons (Fsp3) is 0.650. The number of aryl methyl sites for hydroxylation is 1. The van der Waals surface area contributed by atoms with Crippen LogP contribution < -0.4 is 0 Å². The molecule has 25 heavy (non-hydrogen) atoms. The van der Waals surface area contributed by atoms with Crippen molar-refractivity contribution in [2.45, 2.75) is 71.4 Å². The van der Waals surface area contributed by atoms with Crippen LogP contribution in [-0.4, -0.2) is 22.8 Å². The normalized spacial score (nSPS) is 42.2. The summed E-state index contributed by atoms with van der Waals surface area (Å²) in [6, 6.07) is 0. The zero-order valence-electron chi connectivity index (χ0n) is 15.5. The third kappa shape index (κ3) is 1.88. The van der Waals surface area contributed by atoms with Crippen molar-refractivity contribution in [1.82, 2.24) is 0 Å². The average molecular weight is 346 g/mol. The Balaban J connectivity index is 1.88. The Labute approximate surface area is 148 Å². The molecule has 5 heteroatoms. The summed E-state index contributed by atoms with van der Waals surface area (Å²) in [7, 11) is 0. The lowest BCUT2D eigenvalue weighted by Gasteiger charge is -2.52. The highest BCUT2D eigenvalue weighted by Gasteiger charge is 2.79. The highest BCUT2D eigenvalue weighted by Crippen LogP contribution is 2.73. The van der Waals surface area contributed by atoms with Gasteiger partial charge in [-0.15, -0.1) is 0 Å². The molecule has 0 unspecified atom stereocenters. The van der Waals surface area contributed by atoms with E-state index in [1.54, 1.807) is 19.3 Å². The molecule has 6 atom stereocenters. The average Bonchev–Trinajstić information content (AvgIpc) is 3.23. The van der Waals surface area contributed by atoms with Gasteiger partial charge in [0.05, 0.1) is 12.4 Å². The maximum atomic E-state index is 12.6. The molecule has 2 aliphatic carbocycles. The highest BCUT2D eigenvalue weighted by molar-refractivity contribution is 5.88. The number of aliphatic hydroxyl groups is 1. The van der Waals surface area contributed by atoms with Crippen molar-refractivity contribution in [3.63, 3.8) is 0 Å². The molecule has 0 aromatic carbocycles. The van der Waals surface area contributed by atoms with E-state index in [4.69, 9.17) is 13.9 Å². The molecule has 1 aromatic rings. The van der Waals surface area contributed by atoms with Gasteiger partial charge in [0, 0.05) is 16.6 Å². The summed E-state index contributed by atoms with van der Waals surface area (Å²) in [5.74, 6) is 0.399. The molecule has 0 bridgehead atoms. The van der Waals surface area contributed by atoms with Crippen LogP contribution in [0.1, 0.15) is 69.6 Å². The molecular formula is C20H26O5. The Kier molecular flexibility index (Phi) is 3.51. The van der Waals surface area contributed by atoms with Crippen molar-refractivity contribution < 1.29 is 23.8 Å². The van der Waals surface area contributed by atoms with Gasteiger partial charge in [-0.2, -0.15) is 0 Å². The summed E-state index contributed by atoms with van der Waals surface area (Å²) in [5, 5.41) is 11.1. The molecule has 4 rings (SSSR count). The van der Waals surface area contributed by atoms with Crippen molar-refractivity contribution in [2.75, 3.05) is 0 Å². The van der Waals surface area contributed by atoms with Gasteiger partial charge in [0.15, 0.2) is 0 Å². The second kappa shape index (κ2) is 5.21. The van der Waals surface area contributed by atoms with Gasteiger partial charge in [-0.25, -0.2) is 4.79 Å². The minimum atomic E-state index is -0.827. The number of hydrogen-bond acceptors (Lipinski definition) is 5. The smallest absolute Gasteiger partial charge is 0.334 e. The zero-order valence-corrected chi connectivity index (χ0v) is 15.5. The van der Waals surface area contributed by atoms with Gasteiger partial charge in [-0.3, -0.25) is 0 Å². The number of aliphatic hydroxyl groups excluding tert-OH is 1. The number of carbonyl (C=O) groups excluding carboxylic acids is 1. The van der Waals surface area contributed by atoms with Gasteiger partial charge in [0.2, 0.25) is 0 Å². The van der Waals surface area contributed by atoms with Crippen molar-refractivity contribution in [1.29, 1.82) is 0 Å². The van der Waals surface area contributed by atoms with E-state index in [0.717, 1.165) is 24.0 Å². The molecule has 0 amide bonds. The minimum Gasteiger partial charge on any atom is -0.466 e. The largest absolute Gasteiger partial charge is 0.466 e. The van der Waals surface area contributed by atoms with Gasteiger partial charge >= 0.3 is 5.97 Å². The first-order chi connectivity index (χ1) is 11.8. The number of ether oxygens (including phenoxy) is 2. The molecule has 1 spiro atoms. The minimum absolute atomic E-state index is 0.00808. The number of allylic oxidation sites excluding steroid dienone is 1. The van der Waals surface area contributed by atoms with Crippen molar-refractivity contribution in [3.05, 3.63) is 34.8 Å². The molecule has 136 valence electrons. The van der Waals surface area contributed by atoms with Gasteiger partial charge in [0.25, 0.3) is 0 Å². The second-order valence-electron chi connectivity index (χ2n) is 8.02. The molecular weight excluding hydrogens is 320 g/mol. The van der Waals surface area contributed by atoms with Crippen LogP contribution in [0, 0.1) is 18.3 Å². The topological polar surface area (TPSA) is 72.2 Å². The van der Waals surface area contributed by atoms with Gasteiger partial charge in [0.1, 0.15) is 23.6 Å². The molecule has 5 nitrogen and oxygen atoms in total. The van der Waals surface area contributed by atoms with Crippen LogP contribution in [0.5, 0.6) is 0 Å². The maximum absolute atomic E-state index is 12.6. The number of rotatable bonds is 2. The lowest BCUT2D eigenvalue weighted by Crippen LogP contribution is -2.56. The summed E-state index contributed by atoms with van der Waals surface area (Å²) >= 11 is 0. The van der Waals surface area contributed by atoms with Crippen molar-refractivity contribution in [2.24, 2.45) is 11.3 Å². The van der Waals surface area contributed by atoms with E-state index < -0.39 is 23.2 Å². The number of esters is 1. The van der Waals surface area contributed by atoms with E-state index in [9.17, 15) is 9.90 Å². The van der Waals surface area contributed by atoms with Crippen LogP contribution >= 0.6 is 0 Å². The fourth-order valence-corrected chi connectivity index (χ4v) is 5.05. The van der Waals surface area contributed by atoms with Crippen LogP contribution in [0.25, 0.3) is 0 Å². The van der Waals surface area contributed by atoms with Crippen molar-refractivity contribution >= 4 is 5.97 Å². The fourth-order valence-electron chi connectivity index (χ4n) is 5.05. The summed E-state index contributed by atoms with van der Waals surface area (Å²) in [5.41, 5.74) is 1.05. The van der Waals surface area contributed by atoms with E-state index in [2.05, 4.69) is 13.8 Å². The van der Waals surface area contributed by atoms with E-state index in [0.29, 0.717) is 11.3 Å². The second-order valence-corrected chi connectivity index (χ2v) is 8.02. The SMILES string of the molecule is CC=C(C)C(=O)O[C@@H]1c2c(C)coc2[C@H](O)[C@@]23O[C@@H]2CC[C@H](C)[C@@]13C. The number of furan rings is 1. The van der Waals surface area contributed by atoms with Crippen LogP contribution in [-0.2, 0) is 14.3 Å². The van der Waals surface area contributed by atoms with Crippen LogP contribution in [0.15, 0.2) is 22.3 Å². The number of hydrogen-bond donors (Lipinski definition) is 1. The van der Waals surface area contributed by atoms with E-state index in [1.807, 2.05) is 13.8 Å². The quantitative estimate of drug-likeness (QED) is 0.501. The van der Waals surface area contributed by atoms with Gasteiger partial charge < -0.3 is 19.0 Å². The van der Waals surface area contributed by atoms with E-state index in [1.165, 1.54) is 0 Å². The predicted molar refractivity (Wildman–Crippen MR) is 90.8 cm³/mol. The number of carbonyl (C=O) groups is 1. The zero-order chi connectivity index (χ0) is 18.1. The molecule has 1 saturated heterocycles. The molecule has 1 aromatic heterocycles. The Bertz CT molecular complexity index is 762. The Hall–Kier alpha value is -1.59. The van der Waals surface area contributed by atoms with Crippen LogP contribution in [0.4, 0.5) is 0 Å². The standard InChI is InChI=1S/C20H26O5/c1-6-10(2)18(22)24-17-14-11(3)9-23-15(14)16(21)20-13(25-20)8-7-12(4)19(17,20)5/h6,9,12-13,16-17,21H,7-8H2,1-5H3/t12-,13+,16-,17+,19-,20-/m0/s1. The number of epoxide rings is 1. The van der Waals surface area contributed by atoms with Gasteiger partial charge in [-0.1, -0.05) is 19.9 Å². The predicted octanol–water partition coefficient (Wildman–Crippen LogP) is 3.76. The molecule has 2 heterocycles. The van der Waals surface area contributed by atoms with Gasteiger partial charge in [-0.05, 0) is 45.1 Å². The van der Waals surface area contributed by atoms with Crippen molar-refractivity contribution in [3.8, 4) is 0 Å². The first-order valence-electron chi connectivity index (χ1n) is 9.06. The molecule has 2 fully saturated rings. The monoisotopic (exact) mass is 346 g/mol. The maximum Gasteiger partial charge on any atom is 0.334 e.